The van der Waals surface area contributed by atoms with E-state index in [2.05, 4.69) is 0 Å². The van der Waals surface area contributed by atoms with Gasteiger partial charge in [-0.15, -0.1) is 0 Å². The predicted molar refractivity (Wildman–Crippen MR) is 111 cm³/mol. The lowest BCUT2D eigenvalue weighted by molar-refractivity contribution is -0.353. The van der Waals surface area contributed by atoms with Gasteiger partial charge in [0.25, 0.3) is 10.1 Å². The number of carbonyl (C=O) groups excluding carboxylic acids is 1. The third-order valence-electron chi connectivity index (χ3n) is 5.13. The molecule has 6 atom stereocenters. The van der Waals surface area contributed by atoms with E-state index in [1.54, 1.807) is 30.3 Å². The van der Waals surface area contributed by atoms with Gasteiger partial charge >= 0.3 is 5.97 Å². The highest BCUT2D eigenvalue weighted by Crippen LogP contribution is 2.37. The second-order valence-corrected chi connectivity index (χ2v) is 9.06. The number of benzene rings is 2. The van der Waals surface area contributed by atoms with Gasteiger partial charge in [-0.1, -0.05) is 48.5 Å². The van der Waals surface area contributed by atoms with Gasteiger partial charge in [0.2, 0.25) is 0 Å². The van der Waals surface area contributed by atoms with Gasteiger partial charge in [0, 0.05) is 12.7 Å². The predicted octanol–water partition coefficient (Wildman–Crippen LogP) is 2.04. The fraction of sp³-hybridized carbons (Fsp3) is 0.409. The lowest BCUT2D eigenvalue weighted by atomic mass is 9.97. The summed E-state index contributed by atoms with van der Waals surface area (Å²) in [6.45, 7) is 0.120. The molecule has 0 spiro atoms. The van der Waals surface area contributed by atoms with Crippen LogP contribution in [0.15, 0.2) is 60.7 Å². The summed E-state index contributed by atoms with van der Waals surface area (Å²) in [5.41, 5.74) is 1.06. The number of rotatable bonds is 6. The maximum atomic E-state index is 12.8. The third-order valence-corrected chi connectivity index (χ3v) is 5.70. The highest BCUT2D eigenvalue weighted by Gasteiger charge is 2.54. The standard InChI is InChI=1S/C22H24O9S/c1-26-22-19(31-32(2,24)25)18(29-20(23)14-9-5-3-6-10-14)17-16(28-22)13-27-21(30-17)15-11-7-4-8-12-15/h3-12,16-19,21-22H,13H2,1-2H3/t16-,17-,18+,19-,21+,22+/m1/s1. The largest absolute Gasteiger partial charge is 0.453 e. The van der Waals surface area contributed by atoms with Crippen LogP contribution < -0.4 is 0 Å². The molecule has 0 radical (unpaired) electrons. The molecule has 2 heterocycles. The summed E-state index contributed by atoms with van der Waals surface area (Å²) < 4.78 is 58.0. The smallest absolute Gasteiger partial charge is 0.338 e. The van der Waals surface area contributed by atoms with Gasteiger partial charge in [-0.2, -0.15) is 8.42 Å². The molecule has 0 saturated carbocycles. The van der Waals surface area contributed by atoms with E-state index in [9.17, 15) is 13.2 Å². The maximum Gasteiger partial charge on any atom is 0.338 e. The summed E-state index contributed by atoms with van der Waals surface area (Å²) in [7, 11) is -2.60. The molecule has 0 aromatic heterocycles. The highest BCUT2D eigenvalue weighted by atomic mass is 32.2. The van der Waals surface area contributed by atoms with Crippen molar-refractivity contribution in [1.82, 2.24) is 0 Å². The van der Waals surface area contributed by atoms with Gasteiger partial charge in [0.1, 0.15) is 12.2 Å². The van der Waals surface area contributed by atoms with Crippen molar-refractivity contribution in [2.75, 3.05) is 20.0 Å². The molecular formula is C22H24O9S. The van der Waals surface area contributed by atoms with Crippen LogP contribution in [0.2, 0.25) is 0 Å². The second kappa shape index (κ2) is 9.65. The first-order valence-corrected chi connectivity index (χ1v) is 11.8. The van der Waals surface area contributed by atoms with Crippen molar-refractivity contribution in [3.05, 3.63) is 71.8 Å². The molecular weight excluding hydrogens is 440 g/mol. The Morgan fingerprint density at radius 3 is 2.25 bits per heavy atom. The molecule has 2 aromatic rings. The molecule has 2 aliphatic rings. The van der Waals surface area contributed by atoms with Crippen molar-refractivity contribution in [3.63, 3.8) is 0 Å². The normalized spacial score (nSPS) is 30.3. The molecule has 9 nitrogen and oxygen atoms in total. The van der Waals surface area contributed by atoms with Crippen molar-refractivity contribution in [3.8, 4) is 0 Å². The summed E-state index contributed by atoms with van der Waals surface area (Å²) in [4.78, 5) is 12.8. The Labute approximate surface area is 186 Å². The SMILES string of the molecule is CO[C@H]1O[C@@H]2CO[C@H](c3ccccc3)O[C@H]2[C@H](OC(=O)c2ccccc2)[C@H]1OS(C)(=O)=O. The molecule has 4 rings (SSSR count). The molecule has 172 valence electrons. The molecule has 0 aliphatic carbocycles. The van der Waals surface area contributed by atoms with Crippen LogP contribution in [0.1, 0.15) is 22.2 Å². The summed E-state index contributed by atoms with van der Waals surface area (Å²) in [5, 5.41) is 0. The van der Waals surface area contributed by atoms with Crippen LogP contribution in [0.5, 0.6) is 0 Å². The Hall–Kier alpha value is -2.34. The van der Waals surface area contributed by atoms with Crippen LogP contribution in [0, 0.1) is 0 Å². The average molecular weight is 464 g/mol. The van der Waals surface area contributed by atoms with Gasteiger partial charge in [0.05, 0.1) is 18.4 Å². The molecule has 0 unspecified atom stereocenters. The molecule has 0 amide bonds. The van der Waals surface area contributed by atoms with Crippen LogP contribution in [0.3, 0.4) is 0 Å². The molecule has 2 saturated heterocycles. The average Bonchev–Trinajstić information content (AvgIpc) is 2.80. The van der Waals surface area contributed by atoms with Crippen molar-refractivity contribution in [2.24, 2.45) is 0 Å². The van der Waals surface area contributed by atoms with E-state index in [4.69, 9.17) is 27.9 Å². The van der Waals surface area contributed by atoms with E-state index in [1.807, 2.05) is 30.3 Å². The van der Waals surface area contributed by atoms with Crippen LogP contribution in [0.4, 0.5) is 0 Å². The molecule has 2 aromatic carbocycles. The third kappa shape index (κ3) is 5.17. The summed E-state index contributed by atoms with van der Waals surface area (Å²) >= 11 is 0. The topological polar surface area (TPSA) is 107 Å². The van der Waals surface area contributed by atoms with Gasteiger partial charge < -0.3 is 23.7 Å². The fourth-order valence-corrected chi connectivity index (χ4v) is 4.32. The Kier molecular flexibility index (Phi) is 6.89. The monoisotopic (exact) mass is 464 g/mol. The van der Waals surface area contributed by atoms with Gasteiger partial charge in [0.15, 0.2) is 24.8 Å². The number of hydrogen-bond acceptors (Lipinski definition) is 9. The van der Waals surface area contributed by atoms with Crippen LogP contribution in [-0.4, -0.2) is 65.1 Å². The lowest BCUT2D eigenvalue weighted by Gasteiger charge is -2.47. The first-order chi connectivity index (χ1) is 15.4. The quantitative estimate of drug-likeness (QED) is 0.469. The number of fused-ring (bicyclic) bond motifs is 1. The van der Waals surface area contributed by atoms with E-state index < -0.39 is 53.1 Å². The molecule has 2 aliphatic heterocycles. The fourth-order valence-electron chi connectivity index (χ4n) is 3.72. The first-order valence-electron chi connectivity index (χ1n) is 10.0. The Morgan fingerprint density at radius 2 is 1.62 bits per heavy atom. The van der Waals surface area contributed by atoms with Crippen LogP contribution in [-0.2, 0) is 38.0 Å². The number of esters is 1. The summed E-state index contributed by atoms with van der Waals surface area (Å²) in [6.07, 6.45) is -4.93. The van der Waals surface area contributed by atoms with Gasteiger partial charge in [-0.05, 0) is 12.1 Å². The van der Waals surface area contributed by atoms with Crippen molar-refractivity contribution >= 4 is 16.1 Å². The summed E-state index contributed by atoms with van der Waals surface area (Å²) in [5.74, 6) is -0.653. The molecule has 10 heteroatoms. The Balaban J connectivity index is 1.65. The minimum absolute atomic E-state index is 0.120. The van der Waals surface area contributed by atoms with E-state index in [-0.39, 0.29) is 6.61 Å². The van der Waals surface area contributed by atoms with Gasteiger partial charge in [-0.3, -0.25) is 4.18 Å². The lowest BCUT2D eigenvalue weighted by Crippen LogP contribution is -2.64. The second-order valence-electron chi connectivity index (χ2n) is 7.46. The molecule has 2 fully saturated rings. The van der Waals surface area contributed by atoms with Crippen LogP contribution >= 0.6 is 0 Å². The first kappa shape index (κ1) is 22.8. The number of hydrogen-bond donors (Lipinski definition) is 0. The van der Waals surface area contributed by atoms with Crippen molar-refractivity contribution in [2.45, 2.75) is 37.0 Å². The minimum atomic E-state index is -3.94. The maximum absolute atomic E-state index is 12.8. The highest BCUT2D eigenvalue weighted by molar-refractivity contribution is 7.86. The minimum Gasteiger partial charge on any atom is -0.453 e. The molecule has 32 heavy (non-hydrogen) atoms. The molecule has 0 N–H and O–H groups in total. The van der Waals surface area contributed by atoms with E-state index >= 15 is 0 Å². The van der Waals surface area contributed by atoms with Crippen molar-refractivity contribution < 1.29 is 41.1 Å². The Morgan fingerprint density at radius 1 is 0.969 bits per heavy atom. The molecule has 0 bridgehead atoms. The van der Waals surface area contributed by atoms with E-state index in [1.165, 1.54) is 7.11 Å². The number of methoxy groups -OCH3 is 1. The zero-order valence-corrected chi connectivity index (χ0v) is 18.3. The summed E-state index contributed by atoms with van der Waals surface area (Å²) in [6, 6.07) is 17.6. The van der Waals surface area contributed by atoms with Crippen LogP contribution in [0.25, 0.3) is 0 Å². The number of carbonyl (C=O) groups is 1. The zero-order chi connectivity index (χ0) is 22.7. The van der Waals surface area contributed by atoms with Crippen molar-refractivity contribution in [1.29, 1.82) is 0 Å². The number of ether oxygens (including phenoxy) is 5. The van der Waals surface area contributed by atoms with Gasteiger partial charge in [-0.25, -0.2) is 4.79 Å². The van der Waals surface area contributed by atoms with E-state index in [0.717, 1.165) is 11.8 Å². The Bertz CT molecular complexity index is 1010. The van der Waals surface area contributed by atoms with E-state index in [0.29, 0.717) is 5.56 Å². The zero-order valence-electron chi connectivity index (χ0n) is 17.5.